The Hall–Kier alpha value is -2.84. The number of nitrogens with zero attached hydrogens (tertiary/aromatic N) is 3. The van der Waals surface area contributed by atoms with Gasteiger partial charge >= 0.3 is 0 Å². The number of amides is 1. The molecule has 1 heterocycles. The SMILES string of the molecule is CC(Oc1ccc(-c2ccccc2)cc1)C(=O)N1CCN(CCC#N)CC1. The van der Waals surface area contributed by atoms with Crippen LogP contribution < -0.4 is 4.74 Å². The third kappa shape index (κ3) is 5.08. The first-order valence-corrected chi connectivity index (χ1v) is 9.37. The molecule has 1 fully saturated rings. The lowest BCUT2D eigenvalue weighted by atomic mass is 10.1. The van der Waals surface area contributed by atoms with Crippen LogP contribution in [-0.4, -0.2) is 54.5 Å². The lowest BCUT2D eigenvalue weighted by Gasteiger charge is -2.35. The number of carbonyl (C=O) groups excluding carboxylic acids is 1. The average Bonchev–Trinajstić information content (AvgIpc) is 2.73. The lowest BCUT2D eigenvalue weighted by molar-refractivity contribution is -0.139. The fourth-order valence-corrected chi connectivity index (χ4v) is 3.27. The van der Waals surface area contributed by atoms with Crippen molar-refractivity contribution in [2.45, 2.75) is 19.4 Å². The first-order chi connectivity index (χ1) is 13.2. The molecule has 140 valence electrons. The number of hydrogen-bond acceptors (Lipinski definition) is 4. The molecule has 1 aliphatic heterocycles. The van der Waals surface area contributed by atoms with Crippen molar-refractivity contribution in [2.24, 2.45) is 0 Å². The highest BCUT2D eigenvalue weighted by Crippen LogP contribution is 2.23. The Morgan fingerprint density at radius 3 is 2.30 bits per heavy atom. The fourth-order valence-electron chi connectivity index (χ4n) is 3.27. The molecule has 0 bridgehead atoms. The maximum atomic E-state index is 12.6. The quantitative estimate of drug-likeness (QED) is 0.791. The topological polar surface area (TPSA) is 56.6 Å². The summed E-state index contributed by atoms with van der Waals surface area (Å²) in [5, 5.41) is 8.67. The van der Waals surface area contributed by atoms with Gasteiger partial charge in [0.2, 0.25) is 0 Å². The van der Waals surface area contributed by atoms with E-state index in [4.69, 9.17) is 10.00 Å². The van der Waals surface area contributed by atoms with Crippen molar-refractivity contribution in [3.05, 3.63) is 54.6 Å². The maximum absolute atomic E-state index is 12.6. The molecule has 5 heteroatoms. The lowest BCUT2D eigenvalue weighted by Crippen LogP contribution is -2.51. The van der Waals surface area contributed by atoms with E-state index in [-0.39, 0.29) is 5.91 Å². The number of hydrogen-bond donors (Lipinski definition) is 0. The maximum Gasteiger partial charge on any atom is 0.263 e. The van der Waals surface area contributed by atoms with Gasteiger partial charge in [-0.25, -0.2) is 0 Å². The van der Waals surface area contributed by atoms with Gasteiger partial charge in [-0.2, -0.15) is 5.26 Å². The van der Waals surface area contributed by atoms with Crippen molar-refractivity contribution in [1.82, 2.24) is 9.80 Å². The average molecular weight is 363 g/mol. The van der Waals surface area contributed by atoms with E-state index in [2.05, 4.69) is 23.1 Å². The van der Waals surface area contributed by atoms with Crippen LogP contribution in [0.3, 0.4) is 0 Å². The van der Waals surface area contributed by atoms with Gasteiger partial charge in [0.1, 0.15) is 5.75 Å². The normalized spacial score (nSPS) is 15.8. The van der Waals surface area contributed by atoms with E-state index in [1.54, 1.807) is 6.92 Å². The second-order valence-corrected chi connectivity index (χ2v) is 6.73. The van der Waals surface area contributed by atoms with Gasteiger partial charge in [-0.05, 0) is 30.2 Å². The Labute approximate surface area is 160 Å². The van der Waals surface area contributed by atoms with Crippen LogP contribution in [0.25, 0.3) is 11.1 Å². The second-order valence-electron chi connectivity index (χ2n) is 6.73. The first kappa shape index (κ1) is 18.9. The van der Waals surface area contributed by atoms with E-state index >= 15 is 0 Å². The molecule has 5 nitrogen and oxygen atoms in total. The zero-order valence-electron chi connectivity index (χ0n) is 15.7. The molecule has 0 aliphatic carbocycles. The number of benzene rings is 2. The van der Waals surface area contributed by atoms with Gasteiger partial charge in [0.15, 0.2) is 6.10 Å². The highest BCUT2D eigenvalue weighted by Gasteiger charge is 2.25. The first-order valence-electron chi connectivity index (χ1n) is 9.37. The van der Waals surface area contributed by atoms with Gasteiger partial charge in [-0.3, -0.25) is 9.69 Å². The molecule has 3 rings (SSSR count). The largest absolute Gasteiger partial charge is 0.481 e. The van der Waals surface area contributed by atoms with E-state index in [0.717, 1.165) is 30.8 Å². The molecule has 2 aromatic rings. The Balaban J connectivity index is 1.52. The minimum atomic E-state index is -0.516. The summed E-state index contributed by atoms with van der Waals surface area (Å²) >= 11 is 0. The third-order valence-electron chi connectivity index (χ3n) is 4.85. The molecular weight excluding hydrogens is 338 g/mol. The zero-order chi connectivity index (χ0) is 19.1. The van der Waals surface area contributed by atoms with Gasteiger partial charge in [0, 0.05) is 39.1 Å². The summed E-state index contributed by atoms with van der Waals surface area (Å²) in [7, 11) is 0. The molecule has 1 atom stereocenters. The summed E-state index contributed by atoms with van der Waals surface area (Å²) in [5.74, 6) is 0.713. The van der Waals surface area contributed by atoms with Crippen LogP contribution in [0.1, 0.15) is 13.3 Å². The zero-order valence-corrected chi connectivity index (χ0v) is 15.7. The number of rotatable bonds is 6. The smallest absolute Gasteiger partial charge is 0.263 e. The van der Waals surface area contributed by atoms with Crippen molar-refractivity contribution in [1.29, 1.82) is 5.26 Å². The molecular formula is C22H25N3O2. The van der Waals surface area contributed by atoms with Gasteiger partial charge < -0.3 is 9.64 Å². The van der Waals surface area contributed by atoms with Crippen molar-refractivity contribution < 1.29 is 9.53 Å². The highest BCUT2D eigenvalue weighted by atomic mass is 16.5. The van der Waals surface area contributed by atoms with Gasteiger partial charge in [0.25, 0.3) is 5.91 Å². The molecule has 0 aromatic heterocycles. The van der Waals surface area contributed by atoms with Crippen LogP contribution in [0.2, 0.25) is 0 Å². The standard InChI is InChI=1S/C22H25N3O2/c1-18(22(26)25-16-14-24(15-17-25)13-5-12-23)27-21-10-8-20(9-11-21)19-6-3-2-4-7-19/h2-4,6-11,18H,5,13-17H2,1H3. The number of piperazine rings is 1. The summed E-state index contributed by atoms with van der Waals surface area (Å²) in [6.45, 7) is 5.57. The van der Waals surface area contributed by atoms with Crippen LogP contribution in [0.15, 0.2) is 54.6 Å². The Bertz CT molecular complexity index is 775. The van der Waals surface area contributed by atoms with E-state index in [1.807, 2.05) is 47.4 Å². The minimum absolute atomic E-state index is 0.0158. The summed E-state index contributed by atoms with van der Waals surface area (Å²) in [4.78, 5) is 16.7. The van der Waals surface area contributed by atoms with Crippen LogP contribution in [-0.2, 0) is 4.79 Å². The van der Waals surface area contributed by atoms with Crippen molar-refractivity contribution in [2.75, 3.05) is 32.7 Å². The Morgan fingerprint density at radius 2 is 1.67 bits per heavy atom. The number of nitriles is 1. The molecule has 27 heavy (non-hydrogen) atoms. The van der Waals surface area contributed by atoms with Crippen molar-refractivity contribution in [3.8, 4) is 22.9 Å². The van der Waals surface area contributed by atoms with E-state index in [1.165, 1.54) is 0 Å². The summed E-state index contributed by atoms with van der Waals surface area (Å²) < 4.78 is 5.86. The Kier molecular flexibility index (Phi) is 6.45. The van der Waals surface area contributed by atoms with Gasteiger partial charge in [-0.1, -0.05) is 42.5 Å². The molecule has 1 amide bonds. The molecule has 2 aromatic carbocycles. The second kappa shape index (κ2) is 9.20. The predicted octanol–water partition coefficient (Wildman–Crippen LogP) is 3.18. The monoisotopic (exact) mass is 363 g/mol. The fraction of sp³-hybridized carbons (Fsp3) is 0.364. The predicted molar refractivity (Wildman–Crippen MR) is 105 cm³/mol. The van der Waals surface area contributed by atoms with Crippen LogP contribution in [0.4, 0.5) is 0 Å². The van der Waals surface area contributed by atoms with Crippen LogP contribution in [0, 0.1) is 11.3 Å². The molecule has 1 unspecified atom stereocenters. The molecule has 1 saturated heterocycles. The van der Waals surface area contributed by atoms with Crippen LogP contribution in [0.5, 0.6) is 5.75 Å². The molecule has 0 N–H and O–H groups in total. The van der Waals surface area contributed by atoms with E-state index in [0.29, 0.717) is 25.3 Å². The van der Waals surface area contributed by atoms with E-state index in [9.17, 15) is 4.79 Å². The van der Waals surface area contributed by atoms with Gasteiger partial charge in [-0.15, -0.1) is 0 Å². The summed E-state index contributed by atoms with van der Waals surface area (Å²) in [6.07, 6.45) is 0.0186. The molecule has 0 saturated carbocycles. The number of carbonyl (C=O) groups is 1. The highest BCUT2D eigenvalue weighted by molar-refractivity contribution is 5.81. The molecule has 1 aliphatic rings. The van der Waals surface area contributed by atoms with Crippen molar-refractivity contribution >= 4 is 5.91 Å². The van der Waals surface area contributed by atoms with Crippen molar-refractivity contribution in [3.63, 3.8) is 0 Å². The summed E-state index contributed by atoms with van der Waals surface area (Å²) in [6, 6.07) is 20.2. The number of ether oxygens (including phenoxy) is 1. The third-order valence-corrected chi connectivity index (χ3v) is 4.85. The molecule has 0 spiro atoms. The van der Waals surface area contributed by atoms with Gasteiger partial charge in [0.05, 0.1) is 6.07 Å². The Morgan fingerprint density at radius 1 is 1.04 bits per heavy atom. The van der Waals surface area contributed by atoms with Crippen LogP contribution >= 0.6 is 0 Å². The summed E-state index contributed by atoms with van der Waals surface area (Å²) in [5.41, 5.74) is 2.28. The van der Waals surface area contributed by atoms with E-state index < -0.39 is 6.10 Å². The molecule has 0 radical (unpaired) electrons. The minimum Gasteiger partial charge on any atom is -0.481 e.